The maximum atomic E-state index is 5.87. The molecule has 2 N–H and O–H groups in total. The van der Waals surface area contributed by atoms with Crippen molar-refractivity contribution in [3.8, 4) is 0 Å². The molecule has 0 saturated carbocycles. The minimum absolute atomic E-state index is 0.149. The summed E-state index contributed by atoms with van der Waals surface area (Å²) in [4.78, 5) is 0. The molecular weight excluding hydrogens is 198 g/mol. The molecule has 0 spiro atoms. The van der Waals surface area contributed by atoms with Crippen LogP contribution in [0.2, 0.25) is 6.04 Å². The number of hydrogen-bond acceptors (Lipinski definition) is 4. The van der Waals surface area contributed by atoms with Crippen molar-refractivity contribution >= 4 is 8.80 Å². The number of hydrogen-bond donors (Lipinski definition) is 1. The SMILES string of the molecule is CCC[Si](OC)(OCN)OC(C)(C)C. The van der Waals surface area contributed by atoms with E-state index in [-0.39, 0.29) is 12.3 Å². The van der Waals surface area contributed by atoms with Crippen molar-refractivity contribution in [3.63, 3.8) is 0 Å². The van der Waals surface area contributed by atoms with Gasteiger partial charge in [-0.1, -0.05) is 13.3 Å². The first-order chi connectivity index (χ1) is 6.39. The van der Waals surface area contributed by atoms with Crippen LogP contribution in [0.15, 0.2) is 0 Å². The minimum Gasteiger partial charge on any atom is -0.377 e. The first-order valence-corrected chi connectivity index (χ1v) is 6.91. The first kappa shape index (κ1) is 14.1. The fourth-order valence-electron chi connectivity index (χ4n) is 1.25. The zero-order valence-electron chi connectivity index (χ0n) is 9.92. The molecule has 0 radical (unpaired) electrons. The summed E-state index contributed by atoms with van der Waals surface area (Å²) in [6.45, 7) is 8.19. The molecule has 0 aliphatic rings. The van der Waals surface area contributed by atoms with E-state index in [2.05, 4.69) is 6.92 Å². The van der Waals surface area contributed by atoms with Crippen LogP contribution >= 0.6 is 0 Å². The maximum absolute atomic E-state index is 5.87. The highest BCUT2D eigenvalue weighted by Crippen LogP contribution is 2.23. The van der Waals surface area contributed by atoms with Gasteiger partial charge >= 0.3 is 8.80 Å². The molecule has 0 aliphatic heterocycles. The van der Waals surface area contributed by atoms with Gasteiger partial charge in [0.1, 0.15) is 0 Å². The Morgan fingerprint density at radius 3 is 2.14 bits per heavy atom. The Morgan fingerprint density at radius 1 is 1.29 bits per heavy atom. The van der Waals surface area contributed by atoms with Crippen molar-refractivity contribution in [1.29, 1.82) is 0 Å². The molecule has 14 heavy (non-hydrogen) atoms. The predicted molar refractivity (Wildman–Crippen MR) is 58.8 cm³/mol. The van der Waals surface area contributed by atoms with E-state index in [0.717, 1.165) is 12.5 Å². The third-order valence-corrected chi connectivity index (χ3v) is 4.90. The highest BCUT2D eigenvalue weighted by atomic mass is 28.4. The summed E-state index contributed by atoms with van der Waals surface area (Å²) >= 11 is 0. The smallest absolute Gasteiger partial charge is 0.377 e. The second-order valence-corrected chi connectivity index (χ2v) is 6.93. The monoisotopic (exact) mass is 221 g/mol. The van der Waals surface area contributed by atoms with E-state index in [9.17, 15) is 0 Å². The molecule has 0 aromatic rings. The summed E-state index contributed by atoms with van der Waals surface area (Å²) in [5.74, 6) is 0. The minimum atomic E-state index is -2.53. The van der Waals surface area contributed by atoms with E-state index in [1.165, 1.54) is 0 Å². The van der Waals surface area contributed by atoms with Crippen LogP contribution in [0.25, 0.3) is 0 Å². The molecule has 0 aromatic carbocycles. The van der Waals surface area contributed by atoms with Crippen molar-refractivity contribution < 1.29 is 13.3 Å². The normalized spacial score (nSPS) is 16.7. The van der Waals surface area contributed by atoms with Gasteiger partial charge in [-0.2, -0.15) is 0 Å². The molecule has 0 aliphatic carbocycles. The average molecular weight is 221 g/mol. The maximum Gasteiger partial charge on any atom is 0.502 e. The van der Waals surface area contributed by atoms with Crippen molar-refractivity contribution in [3.05, 3.63) is 0 Å². The molecular formula is C9H23NO3Si. The zero-order valence-corrected chi connectivity index (χ0v) is 10.9. The van der Waals surface area contributed by atoms with Gasteiger partial charge in [0.25, 0.3) is 0 Å². The van der Waals surface area contributed by atoms with Crippen LogP contribution in [0, 0.1) is 0 Å². The Balaban J connectivity index is 4.48. The summed E-state index contributed by atoms with van der Waals surface area (Å²) in [5, 5.41) is 0. The van der Waals surface area contributed by atoms with Gasteiger partial charge in [0.2, 0.25) is 0 Å². The zero-order chi connectivity index (χ0) is 11.2. The van der Waals surface area contributed by atoms with E-state index >= 15 is 0 Å². The first-order valence-electron chi connectivity index (χ1n) is 4.98. The lowest BCUT2D eigenvalue weighted by atomic mass is 10.2. The van der Waals surface area contributed by atoms with Crippen molar-refractivity contribution in [2.24, 2.45) is 5.73 Å². The van der Waals surface area contributed by atoms with E-state index in [1.807, 2.05) is 20.8 Å². The summed E-state index contributed by atoms with van der Waals surface area (Å²) in [6, 6.07) is 0.804. The summed E-state index contributed by atoms with van der Waals surface area (Å²) in [5.41, 5.74) is 5.13. The summed E-state index contributed by atoms with van der Waals surface area (Å²) in [6.07, 6.45) is 0.968. The topological polar surface area (TPSA) is 53.7 Å². The Labute approximate surface area is 88.1 Å². The Kier molecular flexibility index (Phi) is 5.85. The van der Waals surface area contributed by atoms with E-state index in [1.54, 1.807) is 7.11 Å². The lowest BCUT2D eigenvalue weighted by molar-refractivity contribution is 0.00663. The fourth-order valence-corrected chi connectivity index (χ4v) is 3.76. The van der Waals surface area contributed by atoms with Crippen LogP contribution in [-0.2, 0) is 13.3 Å². The van der Waals surface area contributed by atoms with Gasteiger partial charge in [0, 0.05) is 13.2 Å². The molecule has 86 valence electrons. The molecule has 0 bridgehead atoms. The van der Waals surface area contributed by atoms with E-state index < -0.39 is 8.80 Å². The van der Waals surface area contributed by atoms with Gasteiger partial charge < -0.3 is 19.0 Å². The van der Waals surface area contributed by atoms with Gasteiger partial charge in [0.05, 0.1) is 12.3 Å². The van der Waals surface area contributed by atoms with Crippen LogP contribution in [-0.4, -0.2) is 28.2 Å². The molecule has 0 amide bonds. The molecule has 0 rings (SSSR count). The van der Waals surface area contributed by atoms with Crippen molar-refractivity contribution in [2.45, 2.75) is 45.8 Å². The molecule has 5 heteroatoms. The third kappa shape index (κ3) is 5.07. The average Bonchev–Trinajstić information content (AvgIpc) is 2.02. The molecule has 0 saturated heterocycles. The van der Waals surface area contributed by atoms with Crippen molar-refractivity contribution in [2.75, 3.05) is 13.8 Å². The molecule has 1 unspecified atom stereocenters. The molecule has 1 atom stereocenters. The van der Waals surface area contributed by atoms with Gasteiger partial charge in [-0.05, 0) is 20.8 Å². The van der Waals surface area contributed by atoms with Crippen molar-refractivity contribution in [1.82, 2.24) is 0 Å². The number of nitrogens with two attached hydrogens (primary N) is 1. The Morgan fingerprint density at radius 2 is 1.86 bits per heavy atom. The van der Waals surface area contributed by atoms with Crippen LogP contribution in [0.1, 0.15) is 34.1 Å². The lowest BCUT2D eigenvalue weighted by Gasteiger charge is -2.34. The highest BCUT2D eigenvalue weighted by molar-refractivity contribution is 6.60. The van der Waals surface area contributed by atoms with Crippen LogP contribution in [0.3, 0.4) is 0 Å². The van der Waals surface area contributed by atoms with Gasteiger partial charge in [-0.3, -0.25) is 0 Å². The second kappa shape index (κ2) is 5.82. The Bertz CT molecular complexity index is 153. The van der Waals surface area contributed by atoms with Gasteiger partial charge in [-0.15, -0.1) is 0 Å². The third-order valence-electron chi connectivity index (χ3n) is 1.63. The standard InChI is InChI=1S/C9H23NO3Si/c1-6-7-14(11-5,12-8-10)13-9(2,3)4/h6-8,10H2,1-5H3. The molecule has 0 aromatic heterocycles. The largest absolute Gasteiger partial charge is 0.502 e. The molecule has 0 fully saturated rings. The number of rotatable bonds is 6. The molecule has 0 heterocycles. The van der Waals surface area contributed by atoms with Crippen LogP contribution in [0.5, 0.6) is 0 Å². The second-order valence-electron chi connectivity index (χ2n) is 4.16. The fraction of sp³-hybridized carbons (Fsp3) is 1.00. The highest BCUT2D eigenvalue weighted by Gasteiger charge is 2.42. The van der Waals surface area contributed by atoms with Crippen LogP contribution in [0.4, 0.5) is 0 Å². The summed E-state index contributed by atoms with van der Waals surface area (Å²) in [7, 11) is -0.902. The van der Waals surface area contributed by atoms with Gasteiger partial charge in [-0.25, -0.2) is 0 Å². The van der Waals surface area contributed by atoms with Gasteiger partial charge in [0.15, 0.2) is 0 Å². The van der Waals surface area contributed by atoms with Crippen LogP contribution < -0.4 is 5.73 Å². The lowest BCUT2D eigenvalue weighted by Crippen LogP contribution is -2.50. The predicted octanol–water partition coefficient (Wildman–Crippen LogP) is 1.73. The van der Waals surface area contributed by atoms with E-state index in [4.69, 9.17) is 19.0 Å². The van der Waals surface area contributed by atoms with E-state index in [0.29, 0.717) is 0 Å². The molecule has 4 nitrogen and oxygen atoms in total. The summed E-state index contributed by atoms with van der Waals surface area (Å²) < 4.78 is 16.7. The Hall–Kier alpha value is 0.0569. The quantitative estimate of drug-likeness (QED) is 0.548.